The lowest BCUT2D eigenvalue weighted by molar-refractivity contribution is -0.384. The first-order valence-corrected chi connectivity index (χ1v) is 9.77. The minimum absolute atomic E-state index is 0.0800. The van der Waals surface area contributed by atoms with E-state index in [1.165, 1.54) is 43.5 Å². The monoisotopic (exact) mass is 460 g/mol. The first kappa shape index (κ1) is 25.1. The minimum Gasteiger partial charge on any atom is -0.467 e. The zero-order chi connectivity index (χ0) is 24.6. The molecule has 0 saturated carbocycles. The number of methoxy groups -OCH3 is 1. The van der Waals surface area contributed by atoms with Crippen LogP contribution < -0.4 is 14.8 Å². The van der Waals surface area contributed by atoms with Gasteiger partial charge in [0.25, 0.3) is 5.69 Å². The fraction of sp³-hybridized carbons (Fsp3) is 0.318. The zero-order valence-electron chi connectivity index (χ0n) is 18.5. The molecule has 0 aromatic heterocycles. The van der Waals surface area contributed by atoms with E-state index >= 15 is 0 Å². The molecule has 11 nitrogen and oxygen atoms in total. The van der Waals surface area contributed by atoms with Gasteiger partial charge in [0.05, 0.1) is 12.0 Å². The fourth-order valence-corrected chi connectivity index (χ4v) is 2.56. The molecule has 2 rings (SSSR count). The summed E-state index contributed by atoms with van der Waals surface area (Å²) in [6.45, 7) is 5.10. The second kappa shape index (κ2) is 10.9. The molecule has 1 amide bonds. The van der Waals surface area contributed by atoms with Crippen LogP contribution in [0.15, 0.2) is 48.5 Å². The lowest BCUT2D eigenvalue weighted by Gasteiger charge is -2.22. The average molecular weight is 460 g/mol. The van der Waals surface area contributed by atoms with Gasteiger partial charge in [0.2, 0.25) is 0 Å². The number of amides is 1. The second-order valence-corrected chi connectivity index (χ2v) is 7.78. The summed E-state index contributed by atoms with van der Waals surface area (Å²) in [6.07, 6.45) is -1.68. The van der Waals surface area contributed by atoms with Crippen LogP contribution in [-0.4, -0.2) is 41.9 Å². The summed E-state index contributed by atoms with van der Waals surface area (Å²) in [4.78, 5) is 46.1. The lowest BCUT2D eigenvalue weighted by atomic mass is 10.1. The number of nitro benzene ring substituents is 1. The third-order valence-corrected chi connectivity index (χ3v) is 3.99. The Kier molecular flexibility index (Phi) is 8.32. The van der Waals surface area contributed by atoms with Crippen LogP contribution in [0.1, 0.15) is 26.3 Å². The number of hydrogen-bond acceptors (Lipinski definition) is 9. The number of carbonyl (C=O) groups excluding carboxylic acids is 3. The van der Waals surface area contributed by atoms with Crippen LogP contribution in [0, 0.1) is 10.1 Å². The summed E-state index contributed by atoms with van der Waals surface area (Å²) in [5.74, 6) is -0.399. The van der Waals surface area contributed by atoms with Gasteiger partial charge in [-0.05, 0) is 50.6 Å². The van der Waals surface area contributed by atoms with E-state index in [1.54, 1.807) is 32.9 Å². The van der Waals surface area contributed by atoms with Gasteiger partial charge in [0, 0.05) is 18.6 Å². The van der Waals surface area contributed by atoms with E-state index < -0.39 is 34.8 Å². The van der Waals surface area contributed by atoms with Crippen LogP contribution in [0.25, 0.3) is 0 Å². The molecular formula is C22H24N2O9. The van der Waals surface area contributed by atoms with Crippen molar-refractivity contribution < 1.29 is 38.3 Å². The van der Waals surface area contributed by atoms with Crippen LogP contribution in [0.5, 0.6) is 11.5 Å². The van der Waals surface area contributed by atoms with Crippen molar-refractivity contribution in [2.75, 3.05) is 7.11 Å². The summed E-state index contributed by atoms with van der Waals surface area (Å²) in [5.41, 5.74) is -0.220. The summed E-state index contributed by atoms with van der Waals surface area (Å²) in [6, 6.07) is 10.1. The van der Waals surface area contributed by atoms with E-state index in [-0.39, 0.29) is 23.6 Å². The SMILES string of the molecule is COC(=O)[C@H](Cc1ccc(OC(=O)Oc2ccc([N+](=O)[O-])cc2)cc1)NC(=O)OC(C)(C)C. The van der Waals surface area contributed by atoms with Crippen LogP contribution >= 0.6 is 0 Å². The summed E-state index contributed by atoms with van der Waals surface area (Å²) in [5, 5.41) is 13.1. The van der Waals surface area contributed by atoms with Gasteiger partial charge < -0.3 is 24.3 Å². The molecule has 0 aliphatic heterocycles. The van der Waals surface area contributed by atoms with Crippen molar-refractivity contribution in [3.63, 3.8) is 0 Å². The van der Waals surface area contributed by atoms with Crippen molar-refractivity contribution in [2.45, 2.75) is 38.8 Å². The Morgan fingerprint density at radius 2 is 1.48 bits per heavy atom. The number of nitrogens with zero attached hydrogens (tertiary/aromatic N) is 1. The van der Waals surface area contributed by atoms with E-state index in [0.29, 0.717) is 5.56 Å². The molecule has 33 heavy (non-hydrogen) atoms. The van der Waals surface area contributed by atoms with Crippen molar-refractivity contribution >= 4 is 23.9 Å². The number of non-ortho nitro benzene ring substituents is 1. The van der Waals surface area contributed by atoms with Crippen molar-refractivity contribution in [2.24, 2.45) is 0 Å². The molecule has 0 bridgehead atoms. The van der Waals surface area contributed by atoms with Crippen molar-refractivity contribution in [3.05, 3.63) is 64.2 Å². The van der Waals surface area contributed by atoms with Crippen LogP contribution in [0.4, 0.5) is 15.3 Å². The quantitative estimate of drug-likeness (QED) is 0.282. The molecular weight excluding hydrogens is 436 g/mol. The molecule has 2 aromatic rings. The highest BCUT2D eigenvalue weighted by atomic mass is 16.7. The number of alkyl carbamates (subject to hydrolysis) is 1. The highest BCUT2D eigenvalue weighted by Crippen LogP contribution is 2.19. The maximum atomic E-state index is 12.0. The van der Waals surface area contributed by atoms with Crippen LogP contribution in [-0.2, 0) is 20.7 Å². The second-order valence-electron chi connectivity index (χ2n) is 7.78. The fourth-order valence-electron chi connectivity index (χ4n) is 2.56. The van der Waals surface area contributed by atoms with Gasteiger partial charge >= 0.3 is 18.2 Å². The van der Waals surface area contributed by atoms with Crippen LogP contribution in [0.3, 0.4) is 0 Å². The molecule has 1 atom stereocenters. The maximum absolute atomic E-state index is 12.0. The lowest BCUT2D eigenvalue weighted by Crippen LogP contribution is -2.45. The number of esters is 1. The van der Waals surface area contributed by atoms with Crippen molar-refractivity contribution in [1.29, 1.82) is 0 Å². The maximum Gasteiger partial charge on any atom is 0.519 e. The molecule has 176 valence electrons. The van der Waals surface area contributed by atoms with Gasteiger partial charge in [-0.3, -0.25) is 10.1 Å². The first-order chi connectivity index (χ1) is 15.5. The van der Waals surface area contributed by atoms with E-state index in [0.717, 1.165) is 0 Å². The van der Waals surface area contributed by atoms with E-state index in [4.69, 9.17) is 18.9 Å². The van der Waals surface area contributed by atoms with Crippen molar-refractivity contribution in [3.8, 4) is 11.5 Å². The molecule has 0 aliphatic carbocycles. The van der Waals surface area contributed by atoms with Gasteiger partial charge in [-0.15, -0.1) is 0 Å². The topological polar surface area (TPSA) is 143 Å². The molecule has 2 aromatic carbocycles. The predicted octanol–water partition coefficient (Wildman–Crippen LogP) is 3.78. The number of rotatable bonds is 7. The third kappa shape index (κ3) is 8.48. The molecule has 0 heterocycles. The van der Waals surface area contributed by atoms with Crippen molar-refractivity contribution in [1.82, 2.24) is 5.32 Å². The average Bonchev–Trinajstić information content (AvgIpc) is 2.73. The Balaban J connectivity index is 1.96. The number of benzene rings is 2. The normalized spacial score (nSPS) is 11.6. The zero-order valence-corrected chi connectivity index (χ0v) is 18.5. The molecule has 0 radical (unpaired) electrons. The molecule has 0 spiro atoms. The standard InChI is InChI=1S/C22H24N2O9/c1-22(2,3)33-20(26)23-18(19(25)30-4)13-14-5-9-16(10-6-14)31-21(27)32-17-11-7-15(8-12-17)24(28)29/h5-12,18H,13H2,1-4H3,(H,23,26)/t18-/m0/s1. The Morgan fingerprint density at radius 1 is 0.970 bits per heavy atom. The van der Waals surface area contributed by atoms with Gasteiger partial charge in [-0.1, -0.05) is 12.1 Å². The minimum atomic E-state index is -1.03. The number of carbonyl (C=O) groups is 3. The largest absolute Gasteiger partial charge is 0.519 e. The van der Waals surface area contributed by atoms with E-state index in [1.807, 2.05) is 0 Å². The number of hydrogen-bond donors (Lipinski definition) is 1. The summed E-state index contributed by atoms with van der Waals surface area (Å²) in [7, 11) is 1.21. The highest BCUT2D eigenvalue weighted by molar-refractivity contribution is 5.81. The third-order valence-electron chi connectivity index (χ3n) is 3.99. The number of nitro groups is 1. The smallest absolute Gasteiger partial charge is 0.467 e. The summed E-state index contributed by atoms with van der Waals surface area (Å²) >= 11 is 0. The highest BCUT2D eigenvalue weighted by Gasteiger charge is 2.25. The Bertz CT molecular complexity index is 996. The number of nitrogens with one attached hydrogen (secondary N) is 1. The Labute approximate surface area is 189 Å². The van der Waals surface area contributed by atoms with E-state index in [2.05, 4.69) is 5.32 Å². The molecule has 0 saturated heterocycles. The summed E-state index contributed by atoms with van der Waals surface area (Å²) < 4.78 is 19.9. The Hall–Kier alpha value is -4.15. The van der Waals surface area contributed by atoms with E-state index in [9.17, 15) is 24.5 Å². The Morgan fingerprint density at radius 3 is 1.94 bits per heavy atom. The van der Waals surface area contributed by atoms with Gasteiger partial charge in [0.1, 0.15) is 23.1 Å². The predicted molar refractivity (Wildman–Crippen MR) is 115 cm³/mol. The van der Waals surface area contributed by atoms with Gasteiger partial charge in [0.15, 0.2) is 0 Å². The number of ether oxygens (including phenoxy) is 4. The molecule has 0 fully saturated rings. The first-order valence-electron chi connectivity index (χ1n) is 9.77. The molecule has 0 unspecified atom stereocenters. The molecule has 0 aliphatic rings. The van der Waals surface area contributed by atoms with Crippen LogP contribution in [0.2, 0.25) is 0 Å². The van der Waals surface area contributed by atoms with Gasteiger partial charge in [-0.25, -0.2) is 14.4 Å². The van der Waals surface area contributed by atoms with Gasteiger partial charge in [-0.2, -0.15) is 0 Å². The molecule has 11 heteroatoms. The molecule has 1 N–H and O–H groups in total.